The number of hydrogen-bond acceptors (Lipinski definition) is 6. The van der Waals surface area contributed by atoms with E-state index in [1.54, 1.807) is 6.20 Å². The van der Waals surface area contributed by atoms with Gasteiger partial charge in [-0.1, -0.05) is 0 Å². The molecule has 4 aromatic heterocycles. The van der Waals surface area contributed by atoms with E-state index in [0.29, 0.717) is 13.2 Å². The molecule has 8 heteroatoms. The summed E-state index contributed by atoms with van der Waals surface area (Å²) in [6.45, 7) is 5.10. The van der Waals surface area contributed by atoms with Crippen molar-refractivity contribution in [3.05, 3.63) is 42.5 Å². The van der Waals surface area contributed by atoms with Crippen LogP contribution in [0.1, 0.15) is 5.69 Å². The molecule has 0 aromatic carbocycles. The number of H-pyrrole nitrogens is 1. The molecule has 1 saturated heterocycles. The van der Waals surface area contributed by atoms with Gasteiger partial charge in [0.05, 0.1) is 24.6 Å². The molecule has 4 aromatic rings. The molecular weight excluding hydrogens is 354 g/mol. The molecule has 1 N–H and O–H groups in total. The first-order valence-electron chi connectivity index (χ1n) is 9.33. The summed E-state index contributed by atoms with van der Waals surface area (Å²) < 4.78 is 7.37. The number of aryl methyl sites for hydroxylation is 2. The minimum Gasteiger partial charge on any atom is -0.378 e. The smallest absolute Gasteiger partial charge is 0.130 e. The van der Waals surface area contributed by atoms with Crippen LogP contribution in [-0.2, 0) is 11.8 Å². The fraction of sp³-hybridized carbons (Fsp3) is 0.300. The van der Waals surface area contributed by atoms with Crippen LogP contribution in [0.25, 0.3) is 33.4 Å². The van der Waals surface area contributed by atoms with Crippen LogP contribution in [0, 0.1) is 6.92 Å². The van der Waals surface area contributed by atoms with Crippen LogP contribution in [0.2, 0.25) is 0 Å². The van der Waals surface area contributed by atoms with Crippen molar-refractivity contribution in [1.82, 2.24) is 29.9 Å². The number of nitrogens with one attached hydrogen (secondary N) is 1. The second kappa shape index (κ2) is 6.72. The molecule has 0 spiro atoms. The van der Waals surface area contributed by atoms with Gasteiger partial charge in [0.1, 0.15) is 17.0 Å². The number of fused-ring (bicyclic) bond motifs is 1. The van der Waals surface area contributed by atoms with Gasteiger partial charge in [-0.15, -0.1) is 0 Å². The molecular formula is C20H21N7O. The van der Waals surface area contributed by atoms with Crippen LogP contribution >= 0.6 is 0 Å². The Bertz CT molecular complexity index is 1130. The molecule has 0 bridgehead atoms. The number of rotatable bonds is 3. The molecule has 5 rings (SSSR count). The van der Waals surface area contributed by atoms with Gasteiger partial charge >= 0.3 is 0 Å². The van der Waals surface area contributed by atoms with E-state index in [1.807, 2.05) is 37.0 Å². The zero-order valence-corrected chi connectivity index (χ0v) is 15.9. The summed E-state index contributed by atoms with van der Waals surface area (Å²) in [6.07, 6.45) is 5.61. The summed E-state index contributed by atoms with van der Waals surface area (Å²) in [7, 11) is 1.94. The van der Waals surface area contributed by atoms with Crippen molar-refractivity contribution in [2.24, 2.45) is 7.05 Å². The predicted molar refractivity (Wildman–Crippen MR) is 107 cm³/mol. The van der Waals surface area contributed by atoms with Crippen molar-refractivity contribution in [2.45, 2.75) is 6.92 Å². The van der Waals surface area contributed by atoms with Crippen LogP contribution in [0.4, 0.5) is 5.82 Å². The quantitative estimate of drug-likeness (QED) is 0.592. The van der Waals surface area contributed by atoms with Crippen molar-refractivity contribution >= 4 is 16.7 Å². The van der Waals surface area contributed by atoms with Crippen molar-refractivity contribution in [2.75, 3.05) is 31.2 Å². The number of ether oxygens (including phenoxy) is 1. The summed E-state index contributed by atoms with van der Waals surface area (Å²) >= 11 is 0. The predicted octanol–water partition coefficient (Wildman–Crippen LogP) is 2.57. The zero-order valence-electron chi connectivity index (χ0n) is 15.9. The number of nitrogens with zero attached hydrogens (tertiary/aromatic N) is 6. The molecule has 0 aliphatic carbocycles. The largest absolute Gasteiger partial charge is 0.378 e. The molecule has 0 atom stereocenters. The lowest BCUT2D eigenvalue weighted by molar-refractivity contribution is 0.122. The fourth-order valence-electron chi connectivity index (χ4n) is 3.76. The molecule has 142 valence electrons. The molecule has 1 fully saturated rings. The highest BCUT2D eigenvalue weighted by Crippen LogP contribution is 2.35. The maximum atomic E-state index is 5.52. The minimum atomic E-state index is 0.710. The van der Waals surface area contributed by atoms with Crippen molar-refractivity contribution < 1.29 is 4.74 Å². The van der Waals surface area contributed by atoms with E-state index in [9.17, 15) is 0 Å². The van der Waals surface area contributed by atoms with Crippen molar-refractivity contribution in [3.8, 4) is 22.5 Å². The lowest BCUT2D eigenvalue weighted by Crippen LogP contribution is -2.36. The first-order chi connectivity index (χ1) is 13.7. The van der Waals surface area contributed by atoms with Crippen molar-refractivity contribution in [1.29, 1.82) is 0 Å². The van der Waals surface area contributed by atoms with Crippen LogP contribution < -0.4 is 4.90 Å². The van der Waals surface area contributed by atoms with Crippen molar-refractivity contribution in [3.63, 3.8) is 0 Å². The van der Waals surface area contributed by atoms with E-state index in [4.69, 9.17) is 9.72 Å². The third-order valence-electron chi connectivity index (χ3n) is 5.11. The molecule has 28 heavy (non-hydrogen) atoms. The van der Waals surface area contributed by atoms with Gasteiger partial charge in [-0.25, -0.2) is 4.98 Å². The number of anilines is 1. The summed E-state index contributed by atoms with van der Waals surface area (Å²) in [5, 5.41) is 12.7. The molecule has 0 amide bonds. The normalized spacial score (nSPS) is 14.7. The van der Waals surface area contributed by atoms with Gasteiger partial charge in [0, 0.05) is 49.7 Å². The highest BCUT2D eigenvalue weighted by Gasteiger charge is 2.20. The first kappa shape index (κ1) is 16.9. The summed E-state index contributed by atoms with van der Waals surface area (Å²) in [6, 6.07) is 6.10. The lowest BCUT2D eigenvalue weighted by Gasteiger charge is -2.28. The van der Waals surface area contributed by atoms with E-state index < -0.39 is 0 Å². The number of aromatic nitrogens is 6. The van der Waals surface area contributed by atoms with Crippen LogP contribution in [0.15, 0.2) is 36.8 Å². The first-order valence-corrected chi connectivity index (χ1v) is 9.33. The topological polar surface area (TPSA) is 84.8 Å². The standard InChI is InChI=1S/C20H21N7O/c1-13-16(12-26(2)25-13)15-11-18(27-7-9-28-10-8-27)23-19-14(15)3-5-21-20(19)17-4-6-22-24-17/h3-6,11-12H,7-10H2,1-2H3,(H,22,24). The minimum absolute atomic E-state index is 0.710. The Hall–Kier alpha value is -3.26. The average Bonchev–Trinajstić information content (AvgIpc) is 3.37. The Labute approximate surface area is 162 Å². The molecule has 0 unspecified atom stereocenters. The Balaban J connectivity index is 1.79. The Morgan fingerprint density at radius 2 is 1.96 bits per heavy atom. The molecule has 8 nitrogen and oxygen atoms in total. The number of hydrogen-bond donors (Lipinski definition) is 1. The maximum Gasteiger partial charge on any atom is 0.130 e. The monoisotopic (exact) mass is 375 g/mol. The van der Waals surface area contributed by atoms with Gasteiger partial charge in [0.25, 0.3) is 0 Å². The summed E-state index contributed by atoms with van der Waals surface area (Å²) in [5.41, 5.74) is 5.71. The van der Waals surface area contributed by atoms with E-state index in [0.717, 1.165) is 58.0 Å². The average molecular weight is 375 g/mol. The van der Waals surface area contributed by atoms with Crippen LogP contribution in [-0.4, -0.2) is 56.2 Å². The van der Waals surface area contributed by atoms with E-state index in [2.05, 4.69) is 37.4 Å². The molecule has 1 aliphatic rings. The molecule has 1 aliphatic heterocycles. The van der Waals surface area contributed by atoms with Crippen LogP contribution in [0.5, 0.6) is 0 Å². The summed E-state index contributed by atoms with van der Waals surface area (Å²) in [4.78, 5) is 11.9. The molecule has 0 saturated carbocycles. The Morgan fingerprint density at radius 1 is 1.11 bits per heavy atom. The number of aromatic amines is 1. The molecule has 5 heterocycles. The Kier molecular flexibility index (Phi) is 4.05. The second-order valence-corrected chi connectivity index (χ2v) is 6.96. The maximum absolute atomic E-state index is 5.52. The van der Waals surface area contributed by atoms with Gasteiger partial charge in [-0.05, 0) is 30.7 Å². The van der Waals surface area contributed by atoms with Gasteiger partial charge in [0.2, 0.25) is 0 Å². The van der Waals surface area contributed by atoms with Crippen LogP contribution in [0.3, 0.4) is 0 Å². The van der Waals surface area contributed by atoms with Gasteiger partial charge in [-0.3, -0.25) is 14.8 Å². The zero-order chi connectivity index (χ0) is 19.1. The fourth-order valence-corrected chi connectivity index (χ4v) is 3.76. The number of pyridine rings is 2. The number of morpholine rings is 1. The third kappa shape index (κ3) is 2.82. The van der Waals surface area contributed by atoms with E-state index in [-0.39, 0.29) is 0 Å². The van der Waals surface area contributed by atoms with E-state index >= 15 is 0 Å². The van der Waals surface area contributed by atoms with Gasteiger partial charge in [-0.2, -0.15) is 10.2 Å². The highest BCUT2D eigenvalue weighted by molar-refractivity contribution is 6.01. The SMILES string of the molecule is Cc1nn(C)cc1-c1cc(N2CCOCC2)nc2c(-c3ccn[nH]3)nccc12. The Morgan fingerprint density at radius 3 is 2.68 bits per heavy atom. The van der Waals surface area contributed by atoms with Gasteiger partial charge in [0.15, 0.2) is 0 Å². The highest BCUT2D eigenvalue weighted by atomic mass is 16.5. The third-order valence-corrected chi connectivity index (χ3v) is 5.11. The van der Waals surface area contributed by atoms with Gasteiger partial charge < -0.3 is 9.64 Å². The lowest BCUT2D eigenvalue weighted by atomic mass is 10.0. The second-order valence-electron chi connectivity index (χ2n) is 6.96. The molecule has 0 radical (unpaired) electrons. The van der Waals surface area contributed by atoms with E-state index in [1.165, 1.54) is 0 Å². The summed E-state index contributed by atoms with van der Waals surface area (Å²) in [5.74, 6) is 0.933.